The standard InChI is InChI=1S/C17H19N3O3S/c1-2-5-15(21)18-17(24)20-19-16(22)11-23-14-9-8-12-6-3-4-7-13(12)10-14/h3-4,6-10H,2,5,11H2,1H3,(H,19,22)(H2,18,20,21,24). The number of fused-ring (bicyclic) bond motifs is 1. The Morgan fingerprint density at radius 3 is 2.54 bits per heavy atom. The third-order valence-electron chi connectivity index (χ3n) is 3.14. The summed E-state index contributed by atoms with van der Waals surface area (Å²) < 4.78 is 5.45. The van der Waals surface area contributed by atoms with Crippen molar-refractivity contribution in [2.24, 2.45) is 0 Å². The number of thiocarbonyl (C=S) groups is 1. The van der Waals surface area contributed by atoms with Crippen molar-refractivity contribution in [2.75, 3.05) is 6.61 Å². The van der Waals surface area contributed by atoms with Crippen LogP contribution in [-0.2, 0) is 9.59 Å². The number of rotatable bonds is 5. The molecule has 0 spiro atoms. The molecule has 126 valence electrons. The van der Waals surface area contributed by atoms with Gasteiger partial charge in [0.2, 0.25) is 5.91 Å². The van der Waals surface area contributed by atoms with Gasteiger partial charge < -0.3 is 10.1 Å². The van der Waals surface area contributed by atoms with E-state index in [4.69, 9.17) is 17.0 Å². The van der Waals surface area contributed by atoms with Gasteiger partial charge in [0, 0.05) is 6.42 Å². The number of hydrogen-bond acceptors (Lipinski definition) is 4. The third-order valence-corrected chi connectivity index (χ3v) is 3.34. The number of nitrogens with one attached hydrogen (secondary N) is 3. The summed E-state index contributed by atoms with van der Waals surface area (Å²) in [6, 6.07) is 13.5. The summed E-state index contributed by atoms with van der Waals surface area (Å²) in [5.41, 5.74) is 4.83. The quantitative estimate of drug-likeness (QED) is 0.571. The second-order valence-electron chi connectivity index (χ2n) is 5.10. The largest absolute Gasteiger partial charge is 0.484 e. The highest BCUT2D eigenvalue weighted by Gasteiger charge is 2.06. The van der Waals surface area contributed by atoms with Crippen LogP contribution in [0, 0.1) is 0 Å². The number of carbonyl (C=O) groups excluding carboxylic acids is 2. The zero-order chi connectivity index (χ0) is 17.4. The van der Waals surface area contributed by atoms with E-state index in [-0.39, 0.29) is 17.6 Å². The summed E-state index contributed by atoms with van der Waals surface area (Å²) in [6.07, 6.45) is 1.10. The van der Waals surface area contributed by atoms with E-state index in [1.165, 1.54) is 0 Å². The average molecular weight is 345 g/mol. The molecule has 2 aromatic rings. The Labute approximate surface area is 145 Å². The summed E-state index contributed by atoms with van der Waals surface area (Å²) in [4.78, 5) is 23.1. The van der Waals surface area contributed by atoms with Crippen molar-refractivity contribution >= 4 is 39.9 Å². The summed E-state index contributed by atoms with van der Waals surface area (Å²) in [7, 11) is 0. The molecule has 0 aliphatic carbocycles. The Kier molecular flexibility index (Phi) is 6.51. The Balaban J connectivity index is 1.76. The highest BCUT2D eigenvalue weighted by Crippen LogP contribution is 2.20. The lowest BCUT2D eigenvalue weighted by Crippen LogP contribution is -2.49. The normalized spacial score (nSPS) is 10.0. The molecular weight excluding hydrogens is 326 g/mol. The van der Waals surface area contributed by atoms with Gasteiger partial charge in [0.05, 0.1) is 0 Å². The highest BCUT2D eigenvalue weighted by molar-refractivity contribution is 7.80. The van der Waals surface area contributed by atoms with E-state index in [1.54, 1.807) is 6.07 Å². The molecule has 7 heteroatoms. The van der Waals surface area contributed by atoms with E-state index < -0.39 is 5.91 Å². The Morgan fingerprint density at radius 1 is 1.04 bits per heavy atom. The summed E-state index contributed by atoms with van der Waals surface area (Å²) in [5, 5.41) is 4.64. The molecule has 0 heterocycles. The number of carbonyl (C=O) groups is 2. The monoisotopic (exact) mass is 345 g/mol. The minimum atomic E-state index is -0.407. The van der Waals surface area contributed by atoms with Gasteiger partial charge >= 0.3 is 0 Å². The number of amides is 2. The molecule has 0 bridgehead atoms. The van der Waals surface area contributed by atoms with Crippen LogP contribution in [0.15, 0.2) is 42.5 Å². The second-order valence-corrected chi connectivity index (χ2v) is 5.51. The first-order valence-corrected chi connectivity index (χ1v) is 7.99. The average Bonchev–Trinajstić information content (AvgIpc) is 2.58. The maximum absolute atomic E-state index is 11.7. The molecule has 2 rings (SSSR count). The lowest BCUT2D eigenvalue weighted by molar-refractivity contribution is -0.124. The topological polar surface area (TPSA) is 79.5 Å². The molecule has 0 unspecified atom stereocenters. The molecule has 0 saturated carbocycles. The van der Waals surface area contributed by atoms with Crippen molar-refractivity contribution in [3.8, 4) is 5.75 Å². The van der Waals surface area contributed by atoms with Crippen LogP contribution in [0.3, 0.4) is 0 Å². The summed E-state index contributed by atoms with van der Waals surface area (Å²) in [6.45, 7) is 1.72. The Morgan fingerprint density at radius 2 is 1.79 bits per heavy atom. The number of ether oxygens (including phenoxy) is 1. The van der Waals surface area contributed by atoms with Crippen LogP contribution >= 0.6 is 12.2 Å². The molecule has 0 aliphatic rings. The fourth-order valence-corrected chi connectivity index (χ4v) is 2.18. The SMILES string of the molecule is CCCC(=O)NC(=S)NNC(=O)COc1ccc2ccccc2c1. The molecule has 0 saturated heterocycles. The van der Waals surface area contributed by atoms with Crippen LogP contribution in [0.4, 0.5) is 0 Å². The van der Waals surface area contributed by atoms with Crippen molar-refractivity contribution in [3.63, 3.8) is 0 Å². The van der Waals surface area contributed by atoms with Crippen LogP contribution in [0.1, 0.15) is 19.8 Å². The lowest BCUT2D eigenvalue weighted by Gasteiger charge is -2.11. The second kappa shape index (κ2) is 8.83. The minimum absolute atomic E-state index is 0.0486. The van der Waals surface area contributed by atoms with Crippen molar-refractivity contribution < 1.29 is 14.3 Å². The van der Waals surface area contributed by atoms with Crippen molar-refractivity contribution in [2.45, 2.75) is 19.8 Å². The van der Waals surface area contributed by atoms with Crippen LogP contribution < -0.4 is 20.9 Å². The van der Waals surface area contributed by atoms with Gasteiger partial charge in [-0.05, 0) is 41.5 Å². The van der Waals surface area contributed by atoms with Crippen LogP contribution in [0.25, 0.3) is 10.8 Å². The van der Waals surface area contributed by atoms with Crippen molar-refractivity contribution in [1.82, 2.24) is 16.2 Å². The molecule has 3 N–H and O–H groups in total. The Bertz CT molecular complexity index is 749. The van der Waals surface area contributed by atoms with E-state index >= 15 is 0 Å². The molecule has 2 aromatic carbocycles. The van der Waals surface area contributed by atoms with Crippen molar-refractivity contribution in [1.29, 1.82) is 0 Å². The molecule has 0 aliphatic heterocycles. The van der Waals surface area contributed by atoms with Gasteiger partial charge in [-0.1, -0.05) is 37.3 Å². The highest BCUT2D eigenvalue weighted by atomic mass is 32.1. The van der Waals surface area contributed by atoms with Gasteiger partial charge in [-0.25, -0.2) is 0 Å². The van der Waals surface area contributed by atoms with Gasteiger partial charge in [0.15, 0.2) is 11.7 Å². The number of hydrogen-bond donors (Lipinski definition) is 3. The van der Waals surface area contributed by atoms with E-state index in [0.29, 0.717) is 12.2 Å². The molecular formula is C17H19N3O3S. The predicted molar refractivity (Wildman–Crippen MR) is 96.4 cm³/mol. The van der Waals surface area contributed by atoms with Gasteiger partial charge in [-0.2, -0.15) is 0 Å². The van der Waals surface area contributed by atoms with Crippen LogP contribution in [0.5, 0.6) is 5.75 Å². The van der Waals surface area contributed by atoms with Gasteiger partial charge in [-0.15, -0.1) is 0 Å². The smallest absolute Gasteiger partial charge is 0.276 e. The molecule has 2 amide bonds. The van der Waals surface area contributed by atoms with Gasteiger partial charge in [0.25, 0.3) is 5.91 Å². The Hall–Kier alpha value is -2.67. The van der Waals surface area contributed by atoms with Crippen LogP contribution in [0.2, 0.25) is 0 Å². The minimum Gasteiger partial charge on any atom is -0.484 e. The van der Waals surface area contributed by atoms with E-state index in [1.807, 2.05) is 43.3 Å². The first kappa shape index (κ1) is 17.7. The van der Waals surface area contributed by atoms with Crippen molar-refractivity contribution in [3.05, 3.63) is 42.5 Å². The summed E-state index contributed by atoms with van der Waals surface area (Å²) in [5.74, 6) is -0.00501. The molecule has 6 nitrogen and oxygen atoms in total. The maximum atomic E-state index is 11.7. The fourth-order valence-electron chi connectivity index (χ4n) is 2.02. The first-order valence-electron chi connectivity index (χ1n) is 7.58. The molecule has 24 heavy (non-hydrogen) atoms. The molecule has 0 atom stereocenters. The zero-order valence-electron chi connectivity index (χ0n) is 13.3. The molecule has 0 fully saturated rings. The van der Waals surface area contributed by atoms with Gasteiger partial charge in [-0.3, -0.25) is 20.4 Å². The third kappa shape index (κ3) is 5.51. The number of hydrazine groups is 1. The fraction of sp³-hybridized carbons (Fsp3) is 0.235. The molecule has 0 radical (unpaired) electrons. The molecule has 0 aromatic heterocycles. The predicted octanol–water partition coefficient (Wildman–Crippen LogP) is 2.04. The van der Waals surface area contributed by atoms with E-state index in [2.05, 4.69) is 16.2 Å². The number of benzene rings is 2. The zero-order valence-corrected chi connectivity index (χ0v) is 14.1. The first-order chi connectivity index (χ1) is 11.6. The van der Waals surface area contributed by atoms with Gasteiger partial charge in [0.1, 0.15) is 5.75 Å². The van der Waals surface area contributed by atoms with E-state index in [9.17, 15) is 9.59 Å². The summed E-state index contributed by atoms with van der Waals surface area (Å²) >= 11 is 4.89. The van der Waals surface area contributed by atoms with E-state index in [0.717, 1.165) is 17.2 Å². The lowest BCUT2D eigenvalue weighted by atomic mass is 10.1. The maximum Gasteiger partial charge on any atom is 0.276 e. The van der Waals surface area contributed by atoms with Crippen LogP contribution in [-0.4, -0.2) is 23.5 Å².